The second-order valence-electron chi connectivity index (χ2n) is 9.89. The molecule has 0 spiro atoms. The van der Waals surface area contributed by atoms with E-state index >= 15 is 0 Å². The smallest absolute Gasteiger partial charge is 0.408 e. The maximum Gasteiger partial charge on any atom is 0.408 e. The van der Waals surface area contributed by atoms with Crippen molar-refractivity contribution >= 4 is 23.9 Å². The molecule has 0 saturated carbocycles. The Balaban J connectivity index is 3.43. The maximum atomic E-state index is 13.9. The Morgan fingerprint density at radius 3 is 2.17 bits per heavy atom. The van der Waals surface area contributed by atoms with Crippen LogP contribution in [0.15, 0.2) is 24.3 Å². The number of alkyl carbamates (subject to hydrolysis) is 1. The van der Waals surface area contributed by atoms with Crippen LogP contribution in [0.3, 0.4) is 0 Å². The van der Waals surface area contributed by atoms with Gasteiger partial charge >= 0.3 is 12.1 Å². The van der Waals surface area contributed by atoms with Crippen molar-refractivity contribution < 1.29 is 33.8 Å². The molecule has 0 saturated heterocycles. The molecule has 0 radical (unpaired) electrons. The highest BCUT2D eigenvalue weighted by Gasteiger charge is 2.37. The number of hydrogen-bond donors (Lipinski definition) is 3. The van der Waals surface area contributed by atoms with Crippen molar-refractivity contribution in [3.05, 3.63) is 29.8 Å². The molecule has 10 heteroatoms. The molecule has 0 bridgehead atoms. The summed E-state index contributed by atoms with van der Waals surface area (Å²) < 4.78 is 9.96. The van der Waals surface area contributed by atoms with Gasteiger partial charge in [-0.3, -0.25) is 14.4 Å². The van der Waals surface area contributed by atoms with Crippen LogP contribution in [0.5, 0.6) is 5.75 Å². The average molecular weight is 508 g/mol. The van der Waals surface area contributed by atoms with Crippen LogP contribution in [-0.2, 0) is 23.9 Å². The molecule has 0 aliphatic heterocycles. The molecule has 1 rings (SSSR count). The van der Waals surface area contributed by atoms with Crippen LogP contribution >= 0.6 is 0 Å². The number of phenolic OH excluding ortho intramolecular Hbond substituents is 1. The molecule has 0 aliphatic rings. The number of nitrogens with one attached hydrogen (secondary N) is 2. The van der Waals surface area contributed by atoms with E-state index in [0.717, 1.165) is 12.8 Å². The molecule has 202 valence electrons. The summed E-state index contributed by atoms with van der Waals surface area (Å²) in [4.78, 5) is 52.8. The van der Waals surface area contributed by atoms with Crippen molar-refractivity contribution in [2.24, 2.45) is 5.92 Å². The second-order valence-corrected chi connectivity index (χ2v) is 9.89. The fourth-order valence-corrected chi connectivity index (χ4v) is 3.48. The lowest BCUT2D eigenvalue weighted by Crippen LogP contribution is -2.55. The molecule has 1 aromatic rings. The van der Waals surface area contributed by atoms with Crippen LogP contribution in [0.1, 0.15) is 72.4 Å². The number of carbonyl (C=O) groups is 4. The standard InChI is InChI=1S/C26H41N3O7/c1-8-9-10-15-29(24(33)21(17(2)3)28-25(34)36-26(4,5)6)22(18-11-13-19(30)14-12-18)23(32)27-16-20(31)35-7/h11-14,17,21-22,30H,8-10,15-16H2,1-7H3,(H,27,32)(H,28,34). The third-order valence-electron chi connectivity index (χ3n) is 5.29. The van der Waals surface area contributed by atoms with Crippen LogP contribution in [0.2, 0.25) is 0 Å². The molecule has 36 heavy (non-hydrogen) atoms. The number of phenols is 1. The largest absolute Gasteiger partial charge is 0.508 e. The van der Waals surface area contributed by atoms with E-state index in [-0.39, 0.29) is 24.8 Å². The lowest BCUT2D eigenvalue weighted by Gasteiger charge is -2.35. The molecule has 0 fully saturated rings. The van der Waals surface area contributed by atoms with Gasteiger partial charge in [0.05, 0.1) is 7.11 Å². The van der Waals surface area contributed by atoms with E-state index in [4.69, 9.17) is 4.74 Å². The minimum atomic E-state index is -1.11. The highest BCUT2D eigenvalue weighted by molar-refractivity contribution is 5.93. The number of unbranched alkanes of at least 4 members (excludes halogenated alkanes) is 2. The second kappa shape index (κ2) is 14.3. The first-order valence-electron chi connectivity index (χ1n) is 12.2. The SMILES string of the molecule is CCCCCN(C(=O)C(NC(=O)OC(C)(C)C)C(C)C)C(C(=O)NCC(=O)OC)c1ccc(O)cc1. The van der Waals surface area contributed by atoms with Crippen molar-refractivity contribution in [1.29, 1.82) is 0 Å². The molecule has 2 atom stereocenters. The summed E-state index contributed by atoms with van der Waals surface area (Å²) in [5.41, 5.74) is -0.308. The van der Waals surface area contributed by atoms with Crippen molar-refractivity contribution in [2.45, 2.75) is 78.5 Å². The minimum Gasteiger partial charge on any atom is -0.508 e. The highest BCUT2D eigenvalue weighted by atomic mass is 16.6. The fraction of sp³-hybridized carbons (Fsp3) is 0.615. The Hall–Kier alpha value is -3.30. The summed E-state index contributed by atoms with van der Waals surface area (Å²) in [5, 5.41) is 14.9. The molecule has 3 N–H and O–H groups in total. The highest BCUT2D eigenvalue weighted by Crippen LogP contribution is 2.26. The number of methoxy groups -OCH3 is 1. The van der Waals surface area contributed by atoms with Crippen molar-refractivity contribution in [1.82, 2.24) is 15.5 Å². The zero-order chi connectivity index (χ0) is 27.5. The van der Waals surface area contributed by atoms with Gasteiger partial charge in [0, 0.05) is 6.54 Å². The quantitative estimate of drug-likeness (QED) is 0.292. The maximum absolute atomic E-state index is 13.9. The number of esters is 1. The first-order valence-corrected chi connectivity index (χ1v) is 12.2. The monoisotopic (exact) mass is 507 g/mol. The third-order valence-corrected chi connectivity index (χ3v) is 5.29. The number of hydrogen-bond acceptors (Lipinski definition) is 7. The van der Waals surface area contributed by atoms with Gasteiger partial charge in [-0.15, -0.1) is 0 Å². The summed E-state index contributed by atoms with van der Waals surface area (Å²) in [7, 11) is 1.21. The fourth-order valence-electron chi connectivity index (χ4n) is 3.48. The van der Waals surface area contributed by atoms with Crippen LogP contribution in [0.4, 0.5) is 4.79 Å². The van der Waals surface area contributed by atoms with Gasteiger partial charge in [-0.05, 0) is 50.8 Å². The first-order chi connectivity index (χ1) is 16.8. The van der Waals surface area contributed by atoms with E-state index in [1.54, 1.807) is 46.8 Å². The predicted molar refractivity (Wildman–Crippen MR) is 135 cm³/mol. The van der Waals surface area contributed by atoms with Gasteiger partial charge in [0.1, 0.15) is 30.0 Å². The van der Waals surface area contributed by atoms with Crippen molar-refractivity contribution in [3.63, 3.8) is 0 Å². The van der Waals surface area contributed by atoms with E-state index < -0.39 is 41.6 Å². The molecule has 1 aromatic carbocycles. The molecule has 3 amide bonds. The molecule has 0 heterocycles. The molecule has 0 aromatic heterocycles. The topological polar surface area (TPSA) is 134 Å². The van der Waals surface area contributed by atoms with E-state index in [9.17, 15) is 24.3 Å². The zero-order valence-corrected chi connectivity index (χ0v) is 22.4. The Kier molecular flexibility index (Phi) is 12.2. The van der Waals surface area contributed by atoms with Crippen molar-refractivity contribution in [3.8, 4) is 5.75 Å². The number of rotatable bonds is 12. The van der Waals surface area contributed by atoms with Gasteiger partial charge in [-0.2, -0.15) is 0 Å². The van der Waals surface area contributed by atoms with Gasteiger partial charge in [-0.25, -0.2) is 4.79 Å². The Morgan fingerprint density at radius 2 is 1.67 bits per heavy atom. The molecular formula is C26H41N3O7. The predicted octanol–water partition coefficient (Wildman–Crippen LogP) is 3.29. The lowest BCUT2D eigenvalue weighted by atomic mass is 9.98. The van der Waals surface area contributed by atoms with E-state index in [1.165, 1.54) is 24.1 Å². The lowest BCUT2D eigenvalue weighted by molar-refractivity contribution is -0.145. The van der Waals surface area contributed by atoms with E-state index in [1.807, 2.05) is 6.92 Å². The summed E-state index contributed by atoms with van der Waals surface area (Å²) in [5.74, 6) is -1.99. The van der Waals surface area contributed by atoms with Gasteiger partial charge < -0.3 is 30.1 Å². The number of benzene rings is 1. The van der Waals surface area contributed by atoms with Gasteiger partial charge in [-0.1, -0.05) is 45.7 Å². The van der Waals surface area contributed by atoms with Gasteiger partial charge in [0.2, 0.25) is 11.8 Å². The van der Waals surface area contributed by atoms with E-state index in [2.05, 4.69) is 15.4 Å². The number of nitrogens with zero attached hydrogens (tertiary/aromatic N) is 1. The normalized spacial score (nSPS) is 12.9. The van der Waals surface area contributed by atoms with Gasteiger partial charge in [0.15, 0.2) is 0 Å². The summed E-state index contributed by atoms with van der Waals surface area (Å²) in [6, 6.07) is 3.86. The Morgan fingerprint density at radius 1 is 1.06 bits per heavy atom. The van der Waals surface area contributed by atoms with Crippen LogP contribution in [-0.4, -0.2) is 65.7 Å². The van der Waals surface area contributed by atoms with Crippen LogP contribution in [0, 0.1) is 5.92 Å². The summed E-state index contributed by atoms with van der Waals surface area (Å²) in [6.07, 6.45) is 1.60. The van der Waals surface area contributed by atoms with Gasteiger partial charge in [0.25, 0.3) is 0 Å². The van der Waals surface area contributed by atoms with Crippen LogP contribution < -0.4 is 10.6 Å². The summed E-state index contributed by atoms with van der Waals surface area (Å²) >= 11 is 0. The number of amides is 3. The molecular weight excluding hydrogens is 466 g/mol. The summed E-state index contributed by atoms with van der Waals surface area (Å²) in [6.45, 7) is 10.6. The molecule has 2 unspecified atom stereocenters. The van der Waals surface area contributed by atoms with Crippen molar-refractivity contribution in [2.75, 3.05) is 20.2 Å². The molecule has 10 nitrogen and oxygen atoms in total. The Labute approximate surface area is 213 Å². The average Bonchev–Trinajstić information content (AvgIpc) is 2.79. The third kappa shape index (κ3) is 10.1. The zero-order valence-electron chi connectivity index (χ0n) is 22.4. The number of ether oxygens (including phenoxy) is 2. The minimum absolute atomic E-state index is 0.00276. The molecule has 0 aliphatic carbocycles. The Bertz CT molecular complexity index is 879. The number of aromatic hydroxyl groups is 1. The van der Waals surface area contributed by atoms with E-state index in [0.29, 0.717) is 12.0 Å². The number of carbonyl (C=O) groups excluding carboxylic acids is 4. The first kappa shape index (κ1) is 30.7. The van der Waals surface area contributed by atoms with Crippen LogP contribution in [0.25, 0.3) is 0 Å².